The second kappa shape index (κ2) is 5.64. The first-order chi connectivity index (χ1) is 10.1. The van der Waals surface area contributed by atoms with Crippen LogP contribution in [0.2, 0.25) is 0 Å². The highest BCUT2D eigenvalue weighted by molar-refractivity contribution is 5.90. The lowest BCUT2D eigenvalue weighted by atomic mass is 9.86. The Hall–Kier alpha value is -1.62. The van der Waals surface area contributed by atoms with Crippen LogP contribution in [0.3, 0.4) is 0 Å². The van der Waals surface area contributed by atoms with Crippen LogP contribution in [-0.4, -0.2) is 42.5 Å². The highest BCUT2D eigenvalue weighted by Gasteiger charge is 2.42. The lowest BCUT2D eigenvalue weighted by Gasteiger charge is -2.40. The summed E-state index contributed by atoms with van der Waals surface area (Å²) in [4.78, 5) is 14.9. The third-order valence-electron chi connectivity index (χ3n) is 4.40. The number of halogens is 1. The summed E-state index contributed by atoms with van der Waals surface area (Å²) >= 11 is 0. The third kappa shape index (κ3) is 3.35. The van der Waals surface area contributed by atoms with Crippen LogP contribution in [-0.2, 0) is 4.79 Å². The van der Waals surface area contributed by atoms with E-state index < -0.39 is 5.54 Å². The maximum absolute atomic E-state index is 13.4. The van der Waals surface area contributed by atoms with E-state index in [1.807, 2.05) is 6.07 Å². The summed E-state index contributed by atoms with van der Waals surface area (Å²) in [7, 11) is 2.06. The van der Waals surface area contributed by atoms with E-state index in [0.29, 0.717) is 11.7 Å². The van der Waals surface area contributed by atoms with E-state index in [2.05, 4.69) is 22.6 Å². The predicted octanol–water partition coefficient (Wildman–Crippen LogP) is 1.98. The van der Waals surface area contributed by atoms with Gasteiger partial charge < -0.3 is 15.5 Å². The van der Waals surface area contributed by atoms with E-state index in [1.54, 1.807) is 6.07 Å². The Morgan fingerprint density at radius 2 is 2.05 bits per heavy atom. The molecule has 2 aliphatic rings. The van der Waals surface area contributed by atoms with Gasteiger partial charge in [0.25, 0.3) is 0 Å². The fourth-order valence-electron chi connectivity index (χ4n) is 2.80. The average Bonchev–Trinajstić information content (AvgIpc) is 3.25. The number of likely N-dealkylation sites (tertiary alicyclic amines) is 1. The van der Waals surface area contributed by atoms with Crippen molar-refractivity contribution in [1.82, 2.24) is 10.2 Å². The first-order valence-electron chi connectivity index (χ1n) is 7.61. The third-order valence-corrected chi connectivity index (χ3v) is 4.40. The SMILES string of the molecule is CN1CCC(Nc2cccc(F)c2)(C(=O)NC2CC2)CC1. The van der Waals surface area contributed by atoms with Gasteiger partial charge in [-0.15, -0.1) is 0 Å². The van der Waals surface area contributed by atoms with Crippen molar-refractivity contribution in [3.05, 3.63) is 30.1 Å². The fraction of sp³-hybridized carbons (Fsp3) is 0.562. The molecule has 1 saturated heterocycles. The maximum atomic E-state index is 13.4. The van der Waals surface area contributed by atoms with Crippen molar-refractivity contribution in [3.8, 4) is 0 Å². The Balaban J connectivity index is 1.79. The number of rotatable bonds is 4. The summed E-state index contributed by atoms with van der Waals surface area (Å²) in [6.07, 6.45) is 3.61. The first-order valence-corrected chi connectivity index (χ1v) is 7.61. The molecule has 2 fully saturated rings. The zero-order chi connectivity index (χ0) is 14.9. The van der Waals surface area contributed by atoms with Crippen molar-refractivity contribution in [2.24, 2.45) is 0 Å². The molecule has 5 heteroatoms. The van der Waals surface area contributed by atoms with Crippen LogP contribution < -0.4 is 10.6 Å². The molecule has 0 radical (unpaired) electrons. The molecule has 0 atom stereocenters. The van der Waals surface area contributed by atoms with E-state index in [9.17, 15) is 9.18 Å². The van der Waals surface area contributed by atoms with Gasteiger partial charge in [0.15, 0.2) is 0 Å². The summed E-state index contributed by atoms with van der Waals surface area (Å²) < 4.78 is 13.4. The highest BCUT2D eigenvalue weighted by atomic mass is 19.1. The van der Waals surface area contributed by atoms with Gasteiger partial charge in [-0.1, -0.05) is 6.07 Å². The molecule has 1 heterocycles. The van der Waals surface area contributed by atoms with Crippen LogP contribution in [0.15, 0.2) is 24.3 Å². The molecule has 21 heavy (non-hydrogen) atoms. The number of amides is 1. The van der Waals surface area contributed by atoms with Gasteiger partial charge in [-0.2, -0.15) is 0 Å². The lowest BCUT2D eigenvalue weighted by molar-refractivity contribution is -0.127. The number of piperidine rings is 1. The van der Waals surface area contributed by atoms with Gasteiger partial charge in [-0.3, -0.25) is 4.79 Å². The molecule has 0 unspecified atom stereocenters. The molecule has 0 spiro atoms. The summed E-state index contributed by atoms with van der Waals surface area (Å²) in [6, 6.07) is 6.68. The monoisotopic (exact) mass is 291 g/mol. The first kappa shape index (κ1) is 14.3. The van der Waals surface area contributed by atoms with E-state index in [4.69, 9.17) is 0 Å². The van der Waals surface area contributed by atoms with Gasteiger partial charge in [0.1, 0.15) is 11.4 Å². The van der Waals surface area contributed by atoms with Crippen LogP contribution in [0.5, 0.6) is 0 Å². The van der Waals surface area contributed by atoms with E-state index in [1.165, 1.54) is 12.1 Å². The Labute approximate surface area is 124 Å². The number of anilines is 1. The zero-order valence-electron chi connectivity index (χ0n) is 12.4. The van der Waals surface area contributed by atoms with Crippen molar-refractivity contribution in [3.63, 3.8) is 0 Å². The normalized spacial score (nSPS) is 21.8. The minimum Gasteiger partial charge on any atom is -0.371 e. The minimum atomic E-state index is -0.622. The average molecular weight is 291 g/mol. The number of hydrogen-bond donors (Lipinski definition) is 2. The van der Waals surface area contributed by atoms with Crippen molar-refractivity contribution < 1.29 is 9.18 Å². The molecule has 1 aromatic carbocycles. The number of carbonyl (C=O) groups excluding carboxylic acids is 1. The number of nitrogens with zero attached hydrogens (tertiary/aromatic N) is 1. The highest BCUT2D eigenvalue weighted by Crippen LogP contribution is 2.29. The molecule has 1 amide bonds. The molecular formula is C16H22FN3O. The van der Waals surface area contributed by atoms with Crippen LogP contribution >= 0.6 is 0 Å². The molecule has 2 N–H and O–H groups in total. The lowest BCUT2D eigenvalue weighted by Crippen LogP contribution is -2.58. The number of hydrogen-bond acceptors (Lipinski definition) is 3. The summed E-state index contributed by atoms with van der Waals surface area (Å²) in [6.45, 7) is 1.72. The van der Waals surface area contributed by atoms with Gasteiger partial charge >= 0.3 is 0 Å². The van der Waals surface area contributed by atoms with Gasteiger partial charge in [0.05, 0.1) is 0 Å². The minimum absolute atomic E-state index is 0.0577. The van der Waals surface area contributed by atoms with Crippen molar-refractivity contribution in [2.45, 2.75) is 37.3 Å². The Bertz CT molecular complexity index is 522. The van der Waals surface area contributed by atoms with Gasteiger partial charge in [0, 0.05) is 24.8 Å². The van der Waals surface area contributed by atoms with E-state index in [0.717, 1.165) is 38.8 Å². The second-order valence-electron chi connectivity index (χ2n) is 6.27. The van der Waals surface area contributed by atoms with Crippen LogP contribution in [0, 0.1) is 5.82 Å². The maximum Gasteiger partial charge on any atom is 0.245 e. The molecule has 0 aromatic heterocycles. The Kier molecular flexibility index (Phi) is 3.85. The summed E-state index contributed by atoms with van der Waals surface area (Å²) in [5.74, 6) is -0.229. The van der Waals surface area contributed by atoms with E-state index in [-0.39, 0.29) is 11.7 Å². The molecule has 1 aliphatic heterocycles. The molecule has 4 nitrogen and oxygen atoms in total. The number of benzene rings is 1. The summed E-state index contributed by atoms with van der Waals surface area (Å²) in [5.41, 5.74) is 0.0496. The molecule has 1 aromatic rings. The van der Waals surface area contributed by atoms with Crippen LogP contribution in [0.25, 0.3) is 0 Å². The smallest absolute Gasteiger partial charge is 0.245 e. The van der Waals surface area contributed by atoms with Crippen LogP contribution in [0.4, 0.5) is 10.1 Å². The van der Waals surface area contributed by atoms with Crippen molar-refractivity contribution in [2.75, 3.05) is 25.5 Å². The van der Waals surface area contributed by atoms with Crippen LogP contribution in [0.1, 0.15) is 25.7 Å². The molecule has 114 valence electrons. The molecular weight excluding hydrogens is 269 g/mol. The van der Waals surface area contributed by atoms with Crippen molar-refractivity contribution >= 4 is 11.6 Å². The van der Waals surface area contributed by atoms with Gasteiger partial charge in [-0.25, -0.2) is 4.39 Å². The summed E-state index contributed by atoms with van der Waals surface area (Å²) in [5, 5.41) is 6.41. The molecule has 1 aliphatic carbocycles. The zero-order valence-corrected chi connectivity index (χ0v) is 12.4. The molecule has 0 bridgehead atoms. The van der Waals surface area contributed by atoms with Gasteiger partial charge in [0.2, 0.25) is 5.91 Å². The number of nitrogens with one attached hydrogen (secondary N) is 2. The number of carbonyl (C=O) groups is 1. The molecule has 1 saturated carbocycles. The second-order valence-corrected chi connectivity index (χ2v) is 6.27. The molecule has 3 rings (SSSR count). The van der Waals surface area contributed by atoms with Crippen molar-refractivity contribution in [1.29, 1.82) is 0 Å². The largest absolute Gasteiger partial charge is 0.371 e. The Morgan fingerprint density at radius 1 is 1.33 bits per heavy atom. The Morgan fingerprint density at radius 3 is 2.67 bits per heavy atom. The quantitative estimate of drug-likeness (QED) is 0.891. The topological polar surface area (TPSA) is 44.4 Å². The standard InChI is InChI=1S/C16H22FN3O/c1-20-9-7-16(8-10-20,15(21)18-13-5-6-13)19-14-4-2-3-12(17)11-14/h2-4,11,13,19H,5-10H2,1H3,(H,18,21). The van der Waals surface area contributed by atoms with E-state index >= 15 is 0 Å². The fourth-order valence-corrected chi connectivity index (χ4v) is 2.80. The van der Waals surface area contributed by atoms with Gasteiger partial charge in [-0.05, 0) is 50.9 Å². The predicted molar refractivity (Wildman–Crippen MR) is 80.6 cm³/mol.